The van der Waals surface area contributed by atoms with E-state index in [1.807, 2.05) is 56.3 Å². The van der Waals surface area contributed by atoms with Crippen molar-refractivity contribution < 1.29 is 9.47 Å². The van der Waals surface area contributed by atoms with Crippen LogP contribution in [0.4, 0.5) is 23.1 Å². The molecule has 27 heavy (non-hydrogen) atoms. The monoisotopic (exact) mass is 384 g/mol. The summed E-state index contributed by atoms with van der Waals surface area (Å²) in [6.45, 7) is 3.90. The smallest absolute Gasteiger partial charge is 0.229 e. The number of methoxy groups -OCH3 is 2. The van der Waals surface area contributed by atoms with Crippen molar-refractivity contribution in [1.82, 2.24) is 9.97 Å². The van der Waals surface area contributed by atoms with E-state index in [0.717, 1.165) is 22.6 Å². The summed E-state index contributed by atoms with van der Waals surface area (Å²) in [6.07, 6.45) is 0. The Morgan fingerprint density at radius 1 is 0.852 bits per heavy atom. The molecule has 0 aliphatic heterocycles. The first kappa shape index (κ1) is 18.8. The number of aromatic nitrogens is 2. The van der Waals surface area contributed by atoms with Crippen LogP contribution >= 0.6 is 11.6 Å². The third-order valence-corrected chi connectivity index (χ3v) is 4.18. The van der Waals surface area contributed by atoms with Gasteiger partial charge < -0.3 is 20.1 Å². The Labute approximate surface area is 163 Å². The molecule has 0 aliphatic rings. The molecule has 0 unspecified atom stereocenters. The predicted octanol–water partition coefficient (Wildman–Crippen LogP) is 5.25. The fraction of sp³-hybridized carbons (Fsp3) is 0.200. The van der Waals surface area contributed by atoms with Crippen LogP contribution in [0.5, 0.6) is 11.5 Å². The van der Waals surface area contributed by atoms with Gasteiger partial charge in [-0.1, -0.05) is 11.6 Å². The highest BCUT2D eigenvalue weighted by molar-refractivity contribution is 6.30. The highest BCUT2D eigenvalue weighted by Gasteiger charge is 2.08. The second kappa shape index (κ2) is 8.14. The van der Waals surface area contributed by atoms with Crippen LogP contribution in [0, 0.1) is 13.8 Å². The number of hydrogen-bond donors (Lipinski definition) is 2. The van der Waals surface area contributed by atoms with Gasteiger partial charge in [0.05, 0.1) is 14.2 Å². The molecule has 6 nitrogen and oxygen atoms in total. The Hall–Kier alpha value is -2.99. The van der Waals surface area contributed by atoms with Crippen LogP contribution in [0.1, 0.15) is 11.3 Å². The van der Waals surface area contributed by atoms with Gasteiger partial charge in [-0.3, -0.25) is 0 Å². The summed E-state index contributed by atoms with van der Waals surface area (Å²) in [7, 11) is 3.21. The van der Waals surface area contributed by atoms with Gasteiger partial charge >= 0.3 is 0 Å². The van der Waals surface area contributed by atoms with Crippen LogP contribution in [0.15, 0.2) is 42.5 Å². The van der Waals surface area contributed by atoms with Crippen LogP contribution < -0.4 is 20.1 Å². The van der Waals surface area contributed by atoms with Crippen molar-refractivity contribution in [2.75, 3.05) is 24.9 Å². The standard InChI is InChI=1S/C20H21ClN4O2/c1-12-9-14(21)5-7-16(12)24-20-22-13(2)10-19(25-20)23-15-6-8-17(26-3)18(11-15)27-4/h5-11H,1-4H3,(H2,22,23,24,25). The zero-order chi connectivity index (χ0) is 19.4. The third kappa shape index (κ3) is 4.60. The van der Waals surface area contributed by atoms with Crippen molar-refractivity contribution in [3.63, 3.8) is 0 Å². The molecule has 1 aromatic heterocycles. The predicted molar refractivity (Wildman–Crippen MR) is 109 cm³/mol. The Bertz CT molecular complexity index is 963. The van der Waals surface area contributed by atoms with Crippen molar-refractivity contribution in [3.05, 3.63) is 58.7 Å². The Balaban J connectivity index is 1.85. The summed E-state index contributed by atoms with van der Waals surface area (Å²) in [5.74, 6) is 2.48. The summed E-state index contributed by atoms with van der Waals surface area (Å²) >= 11 is 6.02. The molecule has 0 atom stereocenters. The number of hydrogen-bond acceptors (Lipinski definition) is 6. The highest BCUT2D eigenvalue weighted by Crippen LogP contribution is 2.31. The Kier molecular flexibility index (Phi) is 5.66. The molecule has 3 aromatic rings. The number of halogens is 1. The van der Waals surface area contributed by atoms with Crippen molar-refractivity contribution in [2.24, 2.45) is 0 Å². The minimum absolute atomic E-state index is 0.503. The minimum Gasteiger partial charge on any atom is -0.493 e. The molecule has 2 N–H and O–H groups in total. The maximum Gasteiger partial charge on any atom is 0.229 e. The van der Waals surface area contributed by atoms with E-state index >= 15 is 0 Å². The van der Waals surface area contributed by atoms with Crippen molar-refractivity contribution in [3.8, 4) is 11.5 Å². The van der Waals surface area contributed by atoms with Gasteiger partial charge in [0.25, 0.3) is 0 Å². The van der Waals surface area contributed by atoms with Crippen LogP contribution in [0.3, 0.4) is 0 Å². The largest absolute Gasteiger partial charge is 0.493 e. The molecule has 7 heteroatoms. The molecule has 0 bridgehead atoms. The maximum atomic E-state index is 6.02. The molecule has 0 saturated carbocycles. The SMILES string of the molecule is COc1ccc(Nc2cc(C)nc(Nc3ccc(Cl)cc3C)n2)cc1OC. The van der Waals surface area contributed by atoms with Crippen LogP contribution in [-0.4, -0.2) is 24.2 Å². The van der Waals surface area contributed by atoms with E-state index in [4.69, 9.17) is 21.1 Å². The first-order chi connectivity index (χ1) is 13.0. The van der Waals surface area contributed by atoms with Gasteiger partial charge in [-0.05, 0) is 49.7 Å². The summed E-state index contributed by atoms with van der Waals surface area (Å²) in [6, 6.07) is 13.1. The molecular formula is C20H21ClN4O2. The maximum absolute atomic E-state index is 6.02. The summed E-state index contributed by atoms with van der Waals surface area (Å²) in [4.78, 5) is 9.00. The molecule has 0 radical (unpaired) electrons. The van der Waals surface area contributed by atoms with Crippen LogP contribution in [-0.2, 0) is 0 Å². The molecule has 0 aliphatic carbocycles. The van der Waals surface area contributed by atoms with Crippen LogP contribution in [0.25, 0.3) is 0 Å². The van der Waals surface area contributed by atoms with Gasteiger partial charge in [-0.25, -0.2) is 4.98 Å². The molecule has 0 saturated heterocycles. The number of anilines is 4. The fourth-order valence-corrected chi connectivity index (χ4v) is 2.86. The lowest BCUT2D eigenvalue weighted by molar-refractivity contribution is 0.355. The molecule has 0 fully saturated rings. The number of nitrogens with zero attached hydrogens (tertiary/aromatic N) is 2. The van der Waals surface area contributed by atoms with Crippen LogP contribution in [0.2, 0.25) is 5.02 Å². The quantitative estimate of drug-likeness (QED) is 0.604. The molecule has 1 heterocycles. The second-order valence-corrected chi connectivity index (χ2v) is 6.43. The van der Waals surface area contributed by atoms with Gasteiger partial charge in [-0.2, -0.15) is 4.98 Å². The molecule has 0 spiro atoms. The number of ether oxygens (including phenoxy) is 2. The van der Waals surface area contributed by atoms with E-state index in [0.29, 0.717) is 28.3 Å². The number of aryl methyl sites for hydroxylation is 2. The lowest BCUT2D eigenvalue weighted by atomic mass is 10.2. The van der Waals surface area contributed by atoms with Gasteiger partial charge in [0.2, 0.25) is 5.95 Å². The normalized spacial score (nSPS) is 10.4. The highest BCUT2D eigenvalue weighted by atomic mass is 35.5. The molecular weight excluding hydrogens is 364 g/mol. The Morgan fingerprint density at radius 2 is 1.63 bits per heavy atom. The van der Waals surface area contributed by atoms with E-state index in [1.165, 1.54) is 0 Å². The first-order valence-electron chi connectivity index (χ1n) is 8.36. The minimum atomic E-state index is 0.503. The van der Waals surface area contributed by atoms with Crippen molar-refractivity contribution >= 4 is 34.7 Å². The fourth-order valence-electron chi connectivity index (χ4n) is 2.64. The molecule has 140 valence electrons. The number of benzene rings is 2. The zero-order valence-corrected chi connectivity index (χ0v) is 16.4. The number of nitrogens with one attached hydrogen (secondary N) is 2. The molecule has 2 aromatic carbocycles. The lowest BCUT2D eigenvalue weighted by Gasteiger charge is -2.13. The van der Waals surface area contributed by atoms with Crippen molar-refractivity contribution in [1.29, 1.82) is 0 Å². The number of rotatable bonds is 6. The van der Waals surface area contributed by atoms with Gasteiger partial charge in [-0.15, -0.1) is 0 Å². The average molecular weight is 385 g/mol. The van der Waals surface area contributed by atoms with E-state index in [1.54, 1.807) is 14.2 Å². The average Bonchev–Trinajstić information content (AvgIpc) is 2.63. The van der Waals surface area contributed by atoms with E-state index < -0.39 is 0 Å². The van der Waals surface area contributed by atoms with E-state index in [-0.39, 0.29) is 0 Å². The van der Waals surface area contributed by atoms with Gasteiger partial charge in [0.15, 0.2) is 11.5 Å². The van der Waals surface area contributed by atoms with E-state index in [2.05, 4.69) is 20.6 Å². The second-order valence-electron chi connectivity index (χ2n) is 6.00. The zero-order valence-electron chi connectivity index (χ0n) is 15.6. The molecule has 0 amide bonds. The first-order valence-corrected chi connectivity index (χ1v) is 8.74. The Morgan fingerprint density at radius 3 is 2.33 bits per heavy atom. The summed E-state index contributed by atoms with van der Waals surface area (Å²) in [5.41, 5.74) is 3.59. The van der Waals surface area contributed by atoms with Gasteiger partial charge in [0, 0.05) is 34.2 Å². The topological polar surface area (TPSA) is 68.3 Å². The lowest BCUT2D eigenvalue weighted by Crippen LogP contribution is -2.03. The van der Waals surface area contributed by atoms with Crippen molar-refractivity contribution in [2.45, 2.75) is 13.8 Å². The summed E-state index contributed by atoms with van der Waals surface area (Å²) in [5, 5.41) is 7.21. The summed E-state index contributed by atoms with van der Waals surface area (Å²) < 4.78 is 10.6. The van der Waals surface area contributed by atoms with Gasteiger partial charge in [0.1, 0.15) is 5.82 Å². The molecule has 3 rings (SSSR count). The third-order valence-electron chi connectivity index (χ3n) is 3.95. The van der Waals surface area contributed by atoms with E-state index in [9.17, 15) is 0 Å².